The summed E-state index contributed by atoms with van der Waals surface area (Å²) in [5.74, 6) is 1.41. The van der Waals surface area contributed by atoms with Crippen molar-refractivity contribution in [3.8, 4) is 0 Å². The first-order valence-electron chi connectivity index (χ1n) is 8.73. The molecule has 1 saturated carbocycles. The fourth-order valence-electron chi connectivity index (χ4n) is 3.50. The Hall–Kier alpha value is -2.81. The summed E-state index contributed by atoms with van der Waals surface area (Å²) < 4.78 is 8.49. The highest BCUT2D eigenvalue weighted by Gasteiger charge is 2.24. The zero-order valence-electron chi connectivity index (χ0n) is 14.6. The molecule has 0 atom stereocenters. The first kappa shape index (κ1) is 16.6. The van der Waals surface area contributed by atoms with E-state index in [9.17, 15) is 4.79 Å². The van der Waals surface area contributed by atoms with Crippen molar-refractivity contribution in [2.24, 2.45) is 0 Å². The molecule has 3 heterocycles. The van der Waals surface area contributed by atoms with Gasteiger partial charge < -0.3 is 10.1 Å². The Balaban J connectivity index is 1.48. The molecule has 0 saturated heterocycles. The predicted molar refractivity (Wildman–Crippen MR) is 94.9 cm³/mol. The van der Waals surface area contributed by atoms with Gasteiger partial charge in [-0.1, -0.05) is 0 Å². The Kier molecular flexibility index (Phi) is 4.61. The minimum Gasteiger partial charge on any atom is -0.378 e. The third-order valence-corrected chi connectivity index (χ3v) is 4.73. The van der Waals surface area contributed by atoms with E-state index in [0.717, 1.165) is 37.2 Å². The minimum absolute atomic E-state index is 0.0356. The summed E-state index contributed by atoms with van der Waals surface area (Å²) in [6.07, 6.45) is 6.88. The van der Waals surface area contributed by atoms with Crippen molar-refractivity contribution in [1.82, 2.24) is 29.4 Å². The zero-order chi connectivity index (χ0) is 17.9. The van der Waals surface area contributed by atoms with Crippen LogP contribution in [-0.2, 0) is 11.3 Å². The third-order valence-electron chi connectivity index (χ3n) is 4.73. The largest absolute Gasteiger partial charge is 0.378 e. The van der Waals surface area contributed by atoms with Gasteiger partial charge in [0.25, 0.3) is 11.3 Å². The van der Waals surface area contributed by atoms with Gasteiger partial charge in [-0.25, -0.2) is 9.67 Å². The SMILES string of the molecule is COCc1cc(NC2CCC(n3ncccc3=O)CC2)n2ncnc2n1. The lowest BCUT2D eigenvalue weighted by molar-refractivity contribution is 0.181. The van der Waals surface area contributed by atoms with Gasteiger partial charge in [0.1, 0.15) is 12.1 Å². The second-order valence-electron chi connectivity index (χ2n) is 6.49. The highest BCUT2D eigenvalue weighted by molar-refractivity contribution is 5.45. The highest BCUT2D eigenvalue weighted by Crippen LogP contribution is 2.29. The molecule has 9 nitrogen and oxygen atoms in total. The standard InChI is InChI=1S/C17H21N7O2/c1-26-10-13-9-15(24-17(22-13)18-11-20-24)21-12-4-6-14(7-5-12)23-16(25)3-2-8-19-23/h2-3,8-9,11-12,14,21H,4-7,10H2,1H3. The van der Waals surface area contributed by atoms with Gasteiger partial charge in [0.15, 0.2) is 0 Å². The Morgan fingerprint density at radius 2 is 2.12 bits per heavy atom. The summed E-state index contributed by atoms with van der Waals surface area (Å²) in [7, 11) is 1.64. The number of rotatable bonds is 5. The molecule has 9 heteroatoms. The van der Waals surface area contributed by atoms with Crippen LogP contribution in [0.25, 0.3) is 5.78 Å². The average Bonchev–Trinajstić information content (AvgIpc) is 3.12. The van der Waals surface area contributed by atoms with Gasteiger partial charge in [-0.05, 0) is 31.7 Å². The van der Waals surface area contributed by atoms with Crippen molar-refractivity contribution < 1.29 is 4.74 Å². The second kappa shape index (κ2) is 7.20. The van der Waals surface area contributed by atoms with Crippen LogP contribution in [-0.4, -0.2) is 42.5 Å². The fraction of sp³-hybridized carbons (Fsp3) is 0.471. The van der Waals surface area contributed by atoms with Crippen molar-refractivity contribution in [2.45, 2.75) is 44.4 Å². The molecule has 0 bridgehead atoms. The van der Waals surface area contributed by atoms with Crippen LogP contribution in [0.15, 0.2) is 35.5 Å². The lowest BCUT2D eigenvalue weighted by Gasteiger charge is -2.30. The Labute approximate surface area is 150 Å². The van der Waals surface area contributed by atoms with Crippen LogP contribution in [0, 0.1) is 0 Å². The van der Waals surface area contributed by atoms with E-state index >= 15 is 0 Å². The van der Waals surface area contributed by atoms with Crippen LogP contribution in [0.1, 0.15) is 37.4 Å². The molecule has 4 rings (SSSR count). The molecule has 26 heavy (non-hydrogen) atoms. The highest BCUT2D eigenvalue weighted by atomic mass is 16.5. The molecule has 136 valence electrons. The van der Waals surface area contributed by atoms with Crippen LogP contribution in [0.4, 0.5) is 5.82 Å². The maximum Gasteiger partial charge on any atom is 0.266 e. The van der Waals surface area contributed by atoms with E-state index < -0.39 is 0 Å². The predicted octanol–water partition coefficient (Wildman–Crippen LogP) is 1.42. The van der Waals surface area contributed by atoms with Crippen LogP contribution in [0.5, 0.6) is 0 Å². The van der Waals surface area contributed by atoms with Crippen LogP contribution < -0.4 is 10.9 Å². The van der Waals surface area contributed by atoms with Gasteiger partial charge in [-0.2, -0.15) is 19.7 Å². The van der Waals surface area contributed by atoms with Gasteiger partial charge >= 0.3 is 0 Å². The van der Waals surface area contributed by atoms with Gasteiger partial charge in [-0.15, -0.1) is 0 Å². The smallest absolute Gasteiger partial charge is 0.266 e. The summed E-state index contributed by atoms with van der Waals surface area (Å²) in [6, 6.07) is 5.65. The summed E-state index contributed by atoms with van der Waals surface area (Å²) in [5.41, 5.74) is 0.774. The quantitative estimate of drug-likeness (QED) is 0.739. The first-order valence-corrected chi connectivity index (χ1v) is 8.73. The lowest BCUT2D eigenvalue weighted by atomic mass is 9.91. The number of anilines is 1. The number of fused-ring (bicyclic) bond motifs is 1. The molecule has 0 radical (unpaired) electrons. The van der Waals surface area contributed by atoms with Gasteiger partial charge in [-0.3, -0.25) is 4.79 Å². The fourth-order valence-corrected chi connectivity index (χ4v) is 3.50. The molecular formula is C17H21N7O2. The number of nitrogens with zero attached hydrogens (tertiary/aromatic N) is 6. The van der Waals surface area contributed by atoms with E-state index in [1.807, 2.05) is 6.07 Å². The van der Waals surface area contributed by atoms with E-state index in [-0.39, 0.29) is 11.6 Å². The number of hydrogen-bond donors (Lipinski definition) is 1. The van der Waals surface area contributed by atoms with Crippen LogP contribution in [0.2, 0.25) is 0 Å². The monoisotopic (exact) mass is 355 g/mol. The third kappa shape index (κ3) is 3.30. The van der Waals surface area contributed by atoms with E-state index in [0.29, 0.717) is 18.4 Å². The number of nitrogens with one attached hydrogen (secondary N) is 1. The van der Waals surface area contributed by atoms with Crippen LogP contribution >= 0.6 is 0 Å². The maximum atomic E-state index is 12.0. The first-order chi connectivity index (χ1) is 12.7. The van der Waals surface area contributed by atoms with Crippen molar-refractivity contribution in [2.75, 3.05) is 12.4 Å². The second-order valence-corrected chi connectivity index (χ2v) is 6.49. The minimum atomic E-state index is -0.0356. The molecule has 0 amide bonds. The van der Waals surface area contributed by atoms with E-state index in [4.69, 9.17) is 4.74 Å². The molecule has 1 N–H and O–H groups in total. The van der Waals surface area contributed by atoms with Crippen LogP contribution in [0.3, 0.4) is 0 Å². The number of ether oxygens (including phenoxy) is 1. The van der Waals surface area contributed by atoms with Gasteiger partial charge in [0, 0.05) is 31.5 Å². The Morgan fingerprint density at radius 3 is 2.88 bits per heavy atom. The van der Waals surface area contributed by atoms with E-state index in [2.05, 4.69) is 25.5 Å². The molecule has 3 aromatic heterocycles. The molecular weight excluding hydrogens is 334 g/mol. The topological polar surface area (TPSA) is 99.2 Å². The van der Waals surface area contributed by atoms with Gasteiger partial charge in [0.2, 0.25) is 0 Å². The zero-order valence-corrected chi connectivity index (χ0v) is 14.6. The summed E-state index contributed by atoms with van der Waals surface area (Å²) >= 11 is 0. The summed E-state index contributed by atoms with van der Waals surface area (Å²) in [4.78, 5) is 20.5. The van der Waals surface area contributed by atoms with Crippen molar-refractivity contribution in [3.05, 3.63) is 46.8 Å². The average molecular weight is 355 g/mol. The number of methoxy groups -OCH3 is 1. The molecule has 1 aliphatic rings. The number of aromatic nitrogens is 6. The maximum absolute atomic E-state index is 12.0. The van der Waals surface area contributed by atoms with Crippen molar-refractivity contribution in [1.29, 1.82) is 0 Å². The molecule has 0 unspecified atom stereocenters. The van der Waals surface area contributed by atoms with Gasteiger partial charge in [0.05, 0.1) is 18.3 Å². The summed E-state index contributed by atoms with van der Waals surface area (Å²) in [5, 5.41) is 12.0. The van der Waals surface area contributed by atoms with Crippen molar-refractivity contribution >= 4 is 11.6 Å². The normalized spacial score (nSPS) is 20.3. The molecule has 1 aliphatic carbocycles. The Morgan fingerprint density at radius 1 is 1.27 bits per heavy atom. The Bertz CT molecular complexity index is 943. The molecule has 0 aromatic carbocycles. The molecule has 0 spiro atoms. The number of hydrogen-bond acceptors (Lipinski definition) is 7. The summed E-state index contributed by atoms with van der Waals surface area (Å²) in [6.45, 7) is 0.424. The van der Waals surface area contributed by atoms with E-state index in [1.54, 1.807) is 34.6 Å². The molecule has 0 aliphatic heterocycles. The van der Waals surface area contributed by atoms with Crippen molar-refractivity contribution in [3.63, 3.8) is 0 Å². The van der Waals surface area contributed by atoms with E-state index in [1.165, 1.54) is 6.33 Å². The molecule has 1 fully saturated rings. The lowest BCUT2D eigenvalue weighted by Crippen LogP contribution is -2.33. The molecule has 3 aromatic rings.